The zero-order valence-corrected chi connectivity index (χ0v) is 34.2. The van der Waals surface area contributed by atoms with Crippen molar-refractivity contribution in [3.8, 4) is 0 Å². The molecule has 1 N–H and O–H groups in total. The lowest BCUT2D eigenvalue weighted by molar-refractivity contribution is -0.207. The Labute approximate surface area is 312 Å². The van der Waals surface area contributed by atoms with E-state index in [4.69, 9.17) is 4.74 Å². The molecule has 51 heavy (non-hydrogen) atoms. The van der Waals surface area contributed by atoms with Crippen LogP contribution in [0.5, 0.6) is 0 Å². The topological polar surface area (TPSA) is 70.1 Å². The summed E-state index contributed by atoms with van der Waals surface area (Å²) >= 11 is 0. The van der Waals surface area contributed by atoms with Crippen molar-refractivity contribution >= 4 is 11.9 Å². The molecule has 0 radical (unpaired) electrons. The first-order valence-corrected chi connectivity index (χ1v) is 21.7. The molecule has 1 heterocycles. The predicted molar refractivity (Wildman–Crippen MR) is 207 cm³/mol. The molecule has 6 heteroatoms. The van der Waals surface area contributed by atoms with Crippen LogP contribution < -0.4 is 0 Å². The summed E-state index contributed by atoms with van der Waals surface area (Å²) in [6.07, 6.45) is 20.0. The summed E-state index contributed by atoms with van der Waals surface area (Å²) in [5.41, 5.74) is 1.64. The Morgan fingerprint density at radius 1 is 0.843 bits per heavy atom. The van der Waals surface area contributed by atoms with Gasteiger partial charge in [0.25, 0.3) is 0 Å². The summed E-state index contributed by atoms with van der Waals surface area (Å²) in [5, 5.41) is 11.1. The van der Waals surface area contributed by atoms with E-state index in [-0.39, 0.29) is 39.7 Å². The molecule has 6 rings (SSSR count). The Hall–Kier alpha value is -1.40. The van der Waals surface area contributed by atoms with E-state index < -0.39 is 5.41 Å². The second-order valence-corrected chi connectivity index (χ2v) is 20.1. The number of carbonyl (C=O) groups is 2. The van der Waals surface area contributed by atoms with Gasteiger partial charge in [-0.1, -0.05) is 99.1 Å². The highest BCUT2D eigenvalue weighted by atomic mass is 16.5. The van der Waals surface area contributed by atoms with Crippen LogP contribution in [0.2, 0.25) is 0 Å². The van der Waals surface area contributed by atoms with Gasteiger partial charge in [-0.15, -0.1) is 0 Å². The zero-order valence-electron chi connectivity index (χ0n) is 34.2. The Morgan fingerprint density at radius 3 is 2.27 bits per heavy atom. The highest BCUT2D eigenvalue weighted by Gasteiger charge is 2.69. The van der Waals surface area contributed by atoms with Crippen molar-refractivity contribution in [2.24, 2.45) is 56.7 Å². The van der Waals surface area contributed by atoms with E-state index in [9.17, 15) is 14.7 Å². The van der Waals surface area contributed by atoms with E-state index in [0.29, 0.717) is 42.6 Å². The zero-order chi connectivity index (χ0) is 36.8. The normalized spacial score (nSPS) is 42.1. The number of unbranched alkanes of at least 4 members (excludes halogenated alkanes) is 5. The summed E-state index contributed by atoms with van der Waals surface area (Å²) in [6.45, 7) is 24.1. The van der Waals surface area contributed by atoms with Gasteiger partial charge < -0.3 is 14.7 Å². The predicted octanol–water partition coefficient (Wildman–Crippen LogP) is 9.44. The average molecular weight is 709 g/mol. The van der Waals surface area contributed by atoms with Gasteiger partial charge in [-0.25, -0.2) is 0 Å². The highest BCUT2D eigenvalue weighted by molar-refractivity contribution is 5.79. The van der Waals surface area contributed by atoms with Crippen LogP contribution in [-0.4, -0.2) is 72.2 Å². The van der Waals surface area contributed by atoms with Gasteiger partial charge in [-0.05, 0) is 115 Å². The van der Waals surface area contributed by atoms with Crippen LogP contribution in [0.1, 0.15) is 158 Å². The number of nitrogens with zero attached hydrogens (tertiary/aromatic N) is 2. The molecule has 6 aliphatic rings. The van der Waals surface area contributed by atoms with E-state index in [2.05, 4.69) is 71.3 Å². The molecular formula is C45H76N2O4. The second kappa shape index (κ2) is 15.0. The molecule has 4 saturated carbocycles. The molecule has 1 aliphatic heterocycles. The third-order valence-electron chi connectivity index (χ3n) is 17.5. The number of piperazine rings is 1. The van der Waals surface area contributed by atoms with Gasteiger partial charge in [0.2, 0.25) is 5.91 Å². The molecule has 0 aromatic heterocycles. The lowest BCUT2D eigenvalue weighted by atomic mass is 9.33. The Kier molecular flexibility index (Phi) is 11.6. The summed E-state index contributed by atoms with van der Waals surface area (Å²) in [7, 11) is 0. The van der Waals surface area contributed by atoms with Crippen LogP contribution in [-0.2, 0) is 14.3 Å². The minimum Gasteiger partial charge on any atom is -0.464 e. The van der Waals surface area contributed by atoms with Gasteiger partial charge in [-0.2, -0.15) is 0 Å². The van der Waals surface area contributed by atoms with Gasteiger partial charge in [0.15, 0.2) is 0 Å². The quantitative estimate of drug-likeness (QED) is 0.132. The van der Waals surface area contributed by atoms with Crippen LogP contribution in [0.4, 0.5) is 0 Å². The number of aliphatic hydroxyl groups excluding tert-OH is 1. The molecule has 5 aliphatic carbocycles. The molecule has 6 nitrogen and oxygen atoms in total. The summed E-state index contributed by atoms with van der Waals surface area (Å²) in [5.74, 6) is 2.83. The van der Waals surface area contributed by atoms with Crippen LogP contribution >= 0.6 is 0 Å². The summed E-state index contributed by atoms with van der Waals surface area (Å²) in [6, 6.07) is 0. The molecule has 0 aromatic carbocycles. The van der Waals surface area contributed by atoms with Crippen molar-refractivity contribution < 1.29 is 19.4 Å². The first-order chi connectivity index (χ1) is 24.2. The van der Waals surface area contributed by atoms with Gasteiger partial charge in [0.05, 0.1) is 11.5 Å². The van der Waals surface area contributed by atoms with Gasteiger partial charge in [0, 0.05) is 39.1 Å². The third kappa shape index (κ3) is 6.69. The Bertz CT molecular complexity index is 1290. The van der Waals surface area contributed by atoms with Crippen molar-refractivity contribution in [2.75, 3.05) is 39.3 Å². The van der Waals surface area contributed by atoms with E-state index in [0.717, 1.165) is 90.5 Å². The SMILES string of the molecule is CCCCCCCCC(=O)N1CCN(CCOC(=O)[C@]23CC[C@@H](C)[C@H](C)[C@H]2C2=CC[C@@H]4[C@@]5(C)CC[C@H](O)C(C)(C)[C@@H]5CC[C@@]4(C)[C@]2(C)CC3)CC1. The number of esters is 1. The smallest absolute Gasteiger partial charge is 0.312 e. The van der Waals surface area contributed by atoms with E-state index in [1.807, 2.05) is 0 Å². The molecule has 0 unspecified atom stereocenters. The fourth-order valence-electron chi connectivity index (χ4n) is 13.7. The molecule has 10 atom stereocenters. The highest BCUT2D eigenvalue weighted by Crippen LogP contribution is 2.75. The van der Waals surface area contributed by atoms with Crippen molar-refractivity contribution in [1.82, 2.24) is 9.80 Å². The minimum absolute atomic E-state index is 0.0454. The maximum Gasteiger partial charge on any atom is 0.312 e. The van der Waals surface area contributed by atoms with Crippen molar-refractivity contribution in [3.63, 3.8) is 0 Å². The summed E-state index contributed by atoms with van der Waals surface area (Å²) < 4.78 is 6.35. The first kappa shape index (κ1) is 39.3. The first-order valence-electron chi connectivity index (χ1n) is 21.7. The third-order valence-corrected chi connectivity index (χ3v) is 17.5. The molecule has 0 aromatic rings. The van der Waals surface area contributed by atoms with Gasteiger partial charge in [-0.3, -0.25) is 14.5 Å². The van der Waals surface area contributed by atoms with Crippen molar-refractivity contribution in [2.45, 2.75) is 164 Å². The number of aliphatic hydroxyl groups is 1. The lowest BCUT2D eigenvalue weighted by Crippen LogP contribution is -2.65. The van der Waals surface area contributed by atoms with Gasteiger partial charge >= 0.3 is 5.97 Å². The number of ether oxygens (including phenoxy) is 1. The maximum absolute atomic E-state index is 14.5. The number of amides is 1. The van der Waals surface area contributed by atoms with Crippen LogP contribution in [0.25, 0.3) is 0 Å². The molecule has 1 amide bonds. The minimum atomic E-state index is -0.417. The van der Waals surface area contributed by atoms with E-state index in [1.165, 1.54) is 38.5 Å². The number of rotatable bonds is 11. The standard InChI is InChI=1S/C45H76N2O4/c1-9-10-11-12-13-14-15-38(49)47-28-26-46(27-29-47)30-31-51-40(50)45-23-18-32(2)33(3)39(45)34-16-17-36-42(6)21-20-37(48)41(4,5)35(42)19-22-44(36,8)43(34,7)24-25-45/h16,32-33,35-37,39,48H,9-15,17-31H2,1-8H3/t32-,33+,35+,36-,37+,39+,42+,43-,44-,45+/m1/s1. The molecule has 5 fully saturated rings. The molecular weight excluding hydrogens is 633 g/mol. The fraction of sp³-hybridized carbons (Fsp3) is 0.911. The summed E-state index contributed by atoms with van der Waals surface area (Å²) in [4.78, 5) is 31.8. The average Bonchev–Trinajstić information content (AvgIpc) is 3.10. The second-order valence-electron chi connectivity index (χ2n) is 20.1. The Morgan fingerprint density at radius 2 is 1.55 bits per heavy atom. The number of hydrogen-bond donors (Lipinski definition) is 1. The van der Waals surface area contributed by atoms with Crippen LogP contribution in [0.3, 0.4) is 0 Å². The fourth-order valence-corrected chi connectivity index (χ4v) is 13.7. The molecule has 0 bridgehead atoms. The van der Waals surface area contributed by atoms with E-state index >= 15 is 0 Å². The molecule has 0 spiro atoms. The maximum atomic E-state index is 14.5. The van der Waals surface area contributed by atoms with Gasteiger partial charge in [0.1, 0.15) is 6.61 Å². The van der Waals surface area contributed by atoms with E-state index in [1.54, 1.807) is 5.57 Å². The molecule has 290 valence electrons. The Balaban J connectivity index is 1.10. The van der Waals surface area contributed by atoms with Crippen molar-refractivity contribution in [3.05, 3.63) is 11.6 Å². The monoisotopic (exact) mass is 709 g/mol. The number of hydrogen-bond acceptors (Lipinski definition) is 5. The molecule has 1 saturated heterocycles. The number of carbonyl (C=O) groups excluding carboxylic acids is 2. The lowest BCUT2D eigenvalue weighted by Gasteiger charge is -2.71. The number of fused-ring (bicyclic) bond motifs is 7. The van der Waals surface area contributed by atoms with Crippen LogP contribution in [0.15, 0.2) is 11.6 Å². The van der Waals surface area contributed by atoms with Crippen LogP contribution in [0, 0.1) is 56.7 Å². The largest absolute Gasteiger partial charge is 0.464 e. The van der Waals surface area contributed by atoms with Crippen molar-refractivity contribution in [1.29, 1.82) is 0 Å². The number of allylic oxidation sites excluding steroid dienone is 2.